The van der Waals surface area contributed by atoms with E-state index in [0.717, 1.165) is 3.57 Å². The van der Waals surface area contributed by atoms with Gasteiger partial charge in [-0.2, -0.15) is 0 Å². The summed E-state index contributed by atoms with van der Waals surface area (Å²) in [6, 6.07) is 5.39. The average molecular weight is 246 g/mol. The number of benzene rings is 1. The van der Waals surface area contributed by atoms with E-state index in [1.165, 1.54) is 0 Å². The third kappa shape index (κ3) is 0.733. The average Bonchev–Trinajstić information content (AvgIpc) is 1.91. The van der Waals surface area contributed by atoms with E-state index >= 15 is 0 Å². The maximum absolute atomic E-state index is 10.8. The van der Waals surface area contributed by atoms with E-state index in [1.54, 1.807) is 12.1 Å². The molecule has 2 nitrogen and oxygen atoms in total. The molecule has 0 spiro atoms. The summed E-state index contributed by atoms with van der Waals surface area (Å²) in [5, 5.41) is 0.638. The first kappa shape index (κ1) is 6.15. The molecule has 2 bridgehead atoms. The Kier molecular flexibility index (Phi) is 1.20. The molecule has 3 heteroatoms. The van der Waals surface area contributed by atoms with Gasteiger partial charge in [-0.15, -0.1) is 0 Å². The number of fused-ring (bicyclic) bond motifs is 3. The fraction of sp³-hybridized carbons (Fsp3) is 0. The van der Waals surface area contributed by atoms with Crippen LogP contribution in [0.5, 0.6) is 0 Å². The minimum Gasteiger partial charge on any atom is -0.422 e. The predicted octanol–water partition coefficient (Wildman–Crippen LogP) is 1.84. The van der Waals surface area contributed by atoms with Crippen LogP contribution in [-0.4, -0.2) is 0 Å². The van der Waals surface area contributed by atoms with Crippen molar-refractivity contribution in [2.75, 3.05) is 0 Å². The van der Waals surface area contributed by atoms with Crippen molar-refractivity contribution in [1.82, 2.24) is 0 Å². The second kappa shape index (κ2) is 1.95. The third-order valence-corrected chi connectivity index (χ3v) is 2.21. The van der Waals surface area contributed by atoms with Gasteiger partial charge in [0.1, 0.15) is 5.58 Å². The summed E-state index contributed by atoms with van der Waals surface area (Å²) >= 11 is 2.13. The lowest BCUT2D eigenvalue weighted by Gasteiger charge is -1.96. The van der Waals surface area contributed by atoms with Gasteiger partial charge in [0.15, 0.2) is 0 Å². The van der Waals surface area contributed by atoms with Crippen LogP contribution < -0.4 is 5.63 Å². The molecule has 10 heavy (non-hydrogen) atoms. The fourth-order valence-corrected chi connectivity index (χ4v) is 1.49. The molecule has 0 amide bonds. The summed E-state index contributed by atoms with van der Waals surface area (Å²) < 4.78 is 5.87. The molecule has 0 unspecified atom stereocenters. The molecule has 0 fully saturated rings. The van der Waals surface area contributed by atoms with E-state index in [9.17, 15) is 4.79 Å². The molecule has 0 aliphatic heterocycles. The Hall–Kier alpha value is -0.580. The zero-order chi connectivity index (χ0) is 7.14. The number of hydrogen-bond donors (Lipinski definition) is 0. The fourth-order valence-electron chi connectivity index (χ4n) is 0.869. The molecule has 2 heterocycles. The molecule has 0 saturated carbocycles. The minimum atomic E-state index is -0.238. The minimum absolute atomic E-state index is 0.238. The van der Waals surface area contributed by atoms with Gasteiger partial charge in [0.25, 0.3) is 0 Å². The second-order valence-corrected chi connectivity index (χ2v) is 3.20. The first-order valence-electron chi connectivity index (χ1n) is 2.79. The molecule has 3 rings (SSSR count). The van der Waals surface area contributed by atoms with Gasteiger partial charge in [-0.05, 0) is 40.8 Å². The molecule has 0 radical (unpaired) electrons. The SMILES string of the molecule is O=c1oc2ccc1cc2I. The normalized spacial score (nSPS) is 10.9. The van der Waals surface area contributed by atoms with Crippen molar-refractivity contribution in [1.29, 1.82) is 0 Å². The van der Waals surface area contributed by atoms with E-state index in [4.69, 9.17) is 4.42 Å². The van der Waals surface area contributed by atoms with Gasteiger partial charge in [0.2, 0.25) is 0 Å². The van der Waals surface area contributed by atoms with E-state index in [-0.39, 0.29) is 5.63 Å². The number of halogens is 1. The molecule has 1 aromatic carbocycles. The van der Waals surface area contributed by atoms with E-state index in [0.29, 0.717) is 11.0 Å². The summed E-state index contributed by atoms with van der Waals surface area (Å²) in [6.07, 6.45) is 0. The Labute approximate surface area is 70.3 Å². The zero-order valence-electron chi connectivity index (χ0n) is 4.93. The number of hydrogen-bond acceptors (Lipinski definition) is 2. The quantitative estimate of drug-likeness (QED) is 0.664. The van der Waals surface area contributed by atoms with Crippen molar-refractivity contribution in [2.45, 2.75) is 0 Å². The zero-order valence-corrected chi connectivity index (χ0v) is 7.08. The molecule has 0 atom stereocenters. The Morgan fingerprint density at radius 1 is 1.40 bits per heavy atom. The first-order chi connectivity index (χ1) is 4.77. The third-order valence-electron chi connectivity index (χ3n) is 1.37. The van der Waals surface area contributed by atoms with Gasteiger partial charge in [-0.25, -0.2) is 4.79 Å². The summed E-state index contributed by atoms with van der Waals surface area (Å²) in [6.45, 7) is 0. The Morgan fingerprint density at radius 2 is 2.20 bits per heavy atom. The molecule has 3 aromatic rings. The summed E-state index contributed by atoms with van der Waals surface area (Å²) in [7, 11) is 0. The highest BCUT2D eigenvalue weighted by Crippen LogP contribution is 2.15. The van der Waals surface area contributed by atoms with Crippen LogP contribution in [0.15, 0.2) is 27.4 Å². The summed E-state index contributed by atoms with van der Waals surface area (Å²) in [5.74, 6) is 0. The van der Waals surface area contributed by atoms with Gasteiger partial charge in [0, 0.05) is 0 Å². The maximum atomic E-state index is 10.8. The van der Waals surface area contributed by atoms with Crippen LogP contribution in [0, 0.1) is 3.57 Å². The van der Waals surface area contributed by atoms with Crippen molar-refractivity contribution in [2.24, 2.45) is 0 Å². The van der Waals surface area contributed by atoms with Crippen molar-refractivity contribution in [3.05, 3.63) is 32.2 Å². The van der Waals surface area contributed by atoms with Crippen LogP contribution >= 0.6 is 22.6 Å². The van der Waals surface area contributed by atoms with Gasteiger partial charge in [0.05, 0.1) is 8.96 Å². The van der Waals surface area contributed by atoms with Gasteiger partial charge >= 0.3 is 5.63 Å². The topological polar surface area (TPSA) is 30.2 Å². The van der Waals surface area contributed by atoms with Crippen LogP contribution in [0.2, 0.25) is 0 Å². The van der Waals surface area contributed by atoms with Crippen LogP contribution in [0.4, 0.5) is 0 Å². The van der Waals surface area contributed by atoms with Gasteiger partial charge in [-0.3, -0.25) is 0 Å². The molecule has 0 saturated heterocycles. The predicted molar refractivity (Wildman–Crippen MR) is 46.4 cm³/mol. The van der Waals surface area contributed by atoms with Crippen LogP contribution in [-0.2, 0) is 0 Å². The standard InChI is InChI=1S/C7H3IO2/c8-5-3-4-1-2-6(5)10-7(4)9/h1-3H. The van der Waals surface area contributed by atoms with Crippen LogP contribution in [0.1, 0.15) is 0 Å². The van der Waals surface area contributed by atoms with Gasteiger partial charge < -0.3 is 4.42 Å². The summed E-state index contributed by atoms with van der Waals surface area (Å²) in [4.78, 5) is 10.8. The molecular weight excluding hydrogens is 243 g/mol. The highest BCUT2D eigenvalue weighted by atomic mass is 127. The molecule has 0 aliphatic carbocycles. The largest absolute Gasteiger partial charge is 0.422 e. The lowest BCUT2D eigenvalue weighted by molar-refractivity contribution is 0.559. The van der Waals surface area contributed by atoms with Crippen molar-refractivity contribution in [3.8, 4) is 0 Å². The molecule has 50 valence electrons. The van der Waals surface area contributed by atoms with Crippen LogP contribution in [0.25, 0.3) is 11.0 Å². The highest BCUT2D eigenvalue weighted by Gasteiger charge is 2.02. The Bertz CT molecular complexity index is 404. The van der Waals surface area contributed by atoms with E-state index in [1.807, 2.05) is 6.07 Å². The van der Waals surface area contributed by atoms with E-state index in [2.05, 4.69) is 22.6 Å². The molecule has 2 aromatic heterocycles. The smallest absolute Gasteiger partial charge is 0.343 e. The Morgan fingerprint density at radius 3 is 2.50 bits per heavy atom. The summed E-state index contributed by atoms with van der Waals surface area (Å²) in [5.41, 5.74) is 0.429. The van der Waals surface area contributed by atoms with Crippen molar-refractivity contribution in [3.63, 3.8) is 0 Å². The molecule has 0 aliphatic rings. The number of rotatable bonds is 0. The Balaban J connectivity index is 3.09. The highest BCUT2D eigenvalue weighted by molar-refractivity contribution is 14.1. The molecule has 0 N–H and O–H groups in total. The lowest BCUT2D eigenvalue weighted by atomic mass is 10.2. The van der Waals surface area contributed by atoms with E-state index < -0.39 is 0 Å². The van der Waals surface area contributed by atoms with Crippen molar-refractivity contribution < 1.29 is 4.42 Å². The molecular formula is C7H3IO2. The second-order valence-electron chi connectivity index (χ2n) is 2.03. The monoisotopic (exact) mass is 246 g/mol. The van der Waals surface area contributed by atoms with Crippen molar-refractivity contribution >= 4 is 33.6 Å². The first-order valence-corrected chi connectivity index (χ1v) is 3.87. The lowest BCUT2D eigenvalue weighted by Crippen LogP contribution is -2.00. The maximum Gasteiger partial charge on any atom is 0.343 e. The van der Waals surface area contributed by atoms with Crippen LogP contribution in [0.3, 0.4) is 0 Å². The van der Waals surface area contributed by atoms with Gasteiger partial charge in [-0.1, -0.05) is 0 Å².